The van der Waals surface area contributed by atoms with Gasteiger partial charge in [-0.25, -0.2) is 0 Å². The van der Waals surface area contributed by atoms with Crippen LogP contribution in [0.3, 0.4) is 0 Å². The molecule has 2 saturated heterocycles. The van der Waals surface area contributed by atoms with Crippen molar-refractivity contribution in [3.05, 3.63) is 24.3 Å². The van der Waals surface area contributed by atoms with E-state index in [-0.39, 0.29) is 5.91 Å². The number of nitrogens with zero attached hydrogens (tertiary/aromatic N) is 2. The highest BCUT2D eigenvalue weighted by Gasteiger charge is 2.22. The van der Waals surface area contributed by atoms with Crippen molar-refractivity contribution >= 4 is 11.6 Å². The standard InChI is InChI=1S/C19H29N3O3/c1-24-18-7-3-2-6-17(18)21-10-12-22(13-11-21)19(23)8-9-20-15-16-5-4-14-25-16/h2-3,6-7,16,20H,4-5,8-15H2,1H3. The van der Waals surface area contributed by atoms with E-state index in [1.165, 1.54) is 0 Å². The third kappa shape index (κ3) is 4.86. The summed E-state index contributed by atoms with van der Waals surface area (Å²) in [6.07, 6.45) is 3.18. The van der Waals surface area contributed by atoms with Gasteiger partial charge in [0.15, 0.2) is 0 Å². The molecule has 2 aliphatic rings. The van der Waals surface area contributed by atoms with Gasteiger partial charge < -0.3 is 24.6 Å². The molecule has 2 fully saturated rings. The van der Waals surface area contributed by atoms with Crippen molar-refractivity contribution in [3.63, 3.8) is 0 Å². The number of hydrogen-bond acceptors (Lipinski definition) is 5. The van der Waals surface area contributed by atoms with Gasteiger partial charge in [-0.05, 0) is 25.0 Å². The highest BCUT2D eigenvalue weighted by atomic mass is 16.5. The van der Waals surface area contributed by atoms with E-state index in [0.717, 1.165) is 70.2 Å². The molecule has 1 aromatic carbocycles. The van der Waals surface area contributed by atoms with Gasteiger partial charge >= 0.3 is 0 Å². The Hall–Kier alpha value is -1.79. The number of methoxy groups -OCH3 is 1. The van der Waals surface area contributed by atoms with Crippen LogP contribution in [-0.4, -0.2) is 69.9 Å². The van der Waals surface area contributed by atoms with Crippen LogP contribution < -0.4 is 15.0 Å². The third-order valence-electron chi connectivity index (χ3n) is 4.97. The van der Waals surface area contributed by atoms with E-state index in [9.17, 15) is 4.79 Å². The van der Waals surface area contributed by atoms with Crippen LogP contribution in [0.25, 0.3) is 0 Å². The van der Waals surface area contributed by atoms with Crippen molar-refractivity contribution in [1.29, 1.82) is 0 Å². The Morgan fingerprint density at radius 1 is 1.28 bits per heavy atom. The van der Waals surface area contributed by atoms with Crippen LogP contribution in [0.4, 0.5) is 5.69 Å². The molecule has 6 nitrogen and oxygen atoms in total. The molecule has 1 atom stereocenters. The maximum atomic E-state index is 12.4. The van der Waals surface area contributed by atoms with E-state index in [1.807, 2.05) is 23.1 Å². The number of amides is 1. The van der Waals surface area contributed by atoms with Crippen LogP contribution >= 0.6 is 0 Å². The van der Waals surface area contributed by atoms with E-state index in [1.54, 1.807) is 7.11 Å². The lowest BCUT2D eigenvalue weighted by atomic mass is 10.2. The maximum absolute atomic E-state index is 12.4. The van der Waals surface area contributed by atoms with E-state index in [2.05, 4.69) is 16.3 Å². The zero-order valence-corrected chi connectivity index (χ0v) is 15.1. The van der Waals surface area contributed by atoms with Gasteiger partial charge in [0, 0.05) is 52.3 Å². The number of ether oxygens (including phenoxy) is 2. The first-order valence-corrected chi connectivity index (χ1v) is 9.26. The number of rotatable bonds is 7. The number of piperazine rings is 1. The lowest BCUT2D eigenvalue weighted by Gasteiger charge is -2.36. The second kappa shape index (κ2) is 9.06. The molecule has 2 heterocycles. The molecule has 25 heavy (non-hydrogen) atoms. The molecule has 0 aliphatic carbocycles. The Kier molecular flexibility index (Phi) is 6.53. The van der Waals surface area contributed by atoms with E-state index >= 15 is 0 Å². The average Bonchev–Trinajstić information content (AvgIpc) is 3.18. The van der Waals surface area contributed by atoms with E-state index in [0.29, 0.717) is 12.5 Å². The van der Waals surface area contributed by atoms with Gasteiger partial charge in [-0.15, -0.1) is 0 Å². The molecule has 1 amide bonds. The molecular weight excluding hydrogens is 318 g/mol. The fourth-order valence-corrected chi connectivity index (χ4v) is 3.51. The van der Waals surface area contributed by atoms with Crippen LogP contribution in [0.15, 0.2) is 24.3 Å². The monoisotopic (exact) mass is 347 g/mol. The first-order valence-electron chi connectivity index (χ1n) is 9.26. The van der Waals surface area contributed by atoms with Crippen molar-refractivity contribution < 1.29 is 14.3 Å². The number of carbonyl (C=O) groups excluding carboxylic acids is 1. The molecule has 1 unspecified atom stereocenters. The van der Waals surface area contributed by atoms with Crippen molar-refractivity contribution in [2.45, 2.75) is 25.4 Å². The van der Waals surface area contributed by atoms with Crippen molar-refractivity contribution in [2.75, 3.05) is 57.9 Å². The van der Waals surface area contributed by atoms with Gasteiger partial charge in [-0.3, -0.25) is 4.79 Å². The van der Waals surface area contributed by atoms with Crippen LogP contribution in [0.2, 0.25) is 0 Å². The minimum Gasteiger partial charge on any atom is -0.495 e. The minimum atomic E-state index is 0.236. The normalized spacial score (nSPS) is 20.8. The first kappa shape index (κ1) is 18.0. The van der Waals surface area contributed by atoms with Gasteiger partial charge in [0.25, 0.3) is 0 Å². The molecular formula is C19H29N3O3. The van der Waals surface area contributed by atoms with Gasteiger partial charge in [-0.2, -0.15) is 0 Å². The molecule has 0 aromatic heterocycles. The number of hydrogen-bond donors (Lipinski definition) is 1. The summed E-state index contributed by atoms with van der Waals surface area (Å²) < 4.78 is 11.0. The highest BCUT2D eigenvalue weighted by Crippen LogP contribution is 2.28. The summed E-state index contributed by atoms with van der Waals surface area (Å²) in [5, 5.41) is 3.35. The zero-order chi connectivity index (χ0) is 17.5. The quantitative estimate of drug-likeness (QED) is 0.758. The molecule has 1 N–H and O–H groups in total. The molecule has 3 rings (SSSR count). The topological polar surface area (TPSA) is 54.0 Å². The zero-order valence-electron chi connectivity index (χ0n) is 15.1. The second-order valence-electron chi connectivity index (χ2n) is 6.63. The smallest absolute Gasteiger partial charge is 0.223 e. The van der Waals surface area contributed by atoms with Crippen LogP contribution in [0.5, 0.6) is 5.75 Å². The van der Waals surface area contributed by atoms with Crippen molar-refractivity contribution in [2.24, 2.45) is 0 Å². The largest absolute Gasteiger partial charge is 0.495 e. The molecule has 2 aliphatic heterocycles. The lowest BCUT2D eigenvalue weighted by molar-refractivity contribution is -0.131. The predicted molar refractivity (Wildman–Crippen MR) is 98.2 cm³/mol. The fraction of sp³-hybridized carbons (Fsp3) is 0.632. The number of nitrogens with one attached hydrogen (secondary N) is 1. The van der Waals surface area contributed by atoms with E-state index < -0.39 is 0 Å². The van der Waals surface area contributed by atoms with Crippen LogP contribution in [-0.2, 0) is 9.53 Å². The number of anilines is 1. The van der Waals surface area contributed by atoms with Gasteiger partial charge in [0.1, 0.15) is 5.75 Å². The number of para-hydroxylation sites is 2. The predicted octanol–water partition coefficient (Wildman–Crippen LogP) is 1.50. The molecule has 6 heteroatoms. The minimum absolute atomic E-state index is 0.236. The summed E-state index contributed by atoms with van der Waals surface area (Å²) in [6.45, 7) is 5.68. The van der Waals surface area contributed by atoms with E-state index in [4.69, 9.17) is 9.47 Å². The Bertz CT molecular complexity index is 553. The number of benzene rings is 1. The third-order valence-corrected chi connectivity index (χ3v) is 4.97. The number of carbonyl (C=O) groups is 1. The Morgan fingerprint density at radius 2 is 2.08 bits per heavy atom. The molecule has 0 radical (unpaired) electrons. The average molecular weight is 347 g/mol. The lowest BCUT2D eigenvalue weighted by Crippen LogP contribution is -2.49. The SMILES string of the molecule is COc1ccccc1N1CCN(C(=O)CCNCC2CCCO2)CC1. The Labute approximate surface area is 150 Å². The highest BCUT2D eigenvalue weighted by molar-refractivity contribution is 5.76. The second-order valence-corrected chi connectivity index (χ2v) is 6.63. The van der Waals surface area contributed by atoms with Crippen LogP contribution in [0, 0.1) is 0 Å². The first-order chi connectivity index (χ1) is 12.3. The Morgan fingerprint density at radius 3 is 2.80 bits per heavy atom. The Balaban J connectivity index is 1.38. The van der Waals surface area contributed by atoms with Crippen molar-refractivity contribution in [3.8, 4) is 5.75 Å². The molecule has 0 bridgehead atoms. The van der Waals surface area contributed by atoms with Crippen molar-refractivity contribution in [1.82, 2.24) is 10.2 Å². The summed E-state index contributed by atoms with van der Waals surface area (Å²) >= 11 is 0. The molecule has 138 valence electrons. The van der Waals surface area contributed by atoms with Gasteiger partial charge in [0.05, 0.1) is 18.9 Å². The summed E-state index contributed by atoms with van der Waals surface area (Å²) in [5.41, 5.74) is 1.11. The van der Waals surface area contributed by atoms with Crippen LogP contribution in [0.1, 0.15) is 19.3 Å². The maximum Gasteiger partial charge on any atom is 0.223 e. The summed E-state index contributed by atoms with van der Waals surface area (Å²) in [6, 6.07) is 8.05. The summed E-state index contributed by atoms with van der Waals surface area (Å²) in [4.78, 5) is 16.6. The molecule has 0 saturated carbocycles. The molecule has 0 spiro atoms. The van der Waals surface area contributed by atoms with Gasteiger partial charge in [-0.1, -0.05) is 12.1 Å². The summed E-state index contributed by atoms with van der Waals surface area (Å²) in [5.74, 6) is 1.13. The summed E-state index contributed by atoms with van der Waals surface area (Å²) in [7, 11) is 1.70. The van der Waals surface area contributed by atoms with Gasteiger partial charge in [0.2, 0.25) is 5.91 Å². The molecule has 1 aromatic rings. The fourth-order valence-electron chi connectivity index (χ4n) is 3.51.